The highest BCUT2D eigenvalue weighted by Gasteiger charge is 2.29. The van der Waals surface area contributed by atoms with E-state index < -0.39 is 0 Å². The highest BCUT2D eigenvalue weighted by Crippen LogP contribution is 2.24. The van der Waals surface area contributed by atoms with Crippen LogP contribution >= 0.6 is 0 Å². The van der Waals surface area contributed by atoms with Gasteiger partial charge >= 0.3 is 0 Å². The summed E-state index contributed by atoms with van der Waals surface area (Å²) in [6.45, 7) is 13.3. The monoisotopic (exact) mass is 385 g/mol. The number of quaternary nitrogens is 1. The van der Waals surface area contributed by atoms with Crippen LogP contribution in [0.5, 0.6) is 5.75 Å². The first-order valence-electron chi connectivity index (χ1n) is 10.3. The lowest BCUT2D eigenvalue weighted by Gasteiger charge is -2.31. The van der Waals surface area contributed by atoms with E-state index in [0.29, 0.717) is 5.92 Å². The standard InChI is InChI=1S/C22H32N4O2/c1-6-24-11-13-25(14-12-24)22(27)21-17(4)26(23-20(21)15-16(2)3)18-7-9-19(28-5)10-8-18/h7-10,16H,6,11-15H2,1-5H3/p+1. The molecule has 0 unspecified atom stereocenters. The van der Waals surface area contributed by atoms with Gasteiger partial charge in [-0.05, 0) is 50.5 Å². The maximum Gasteiger partial charge on any atom is 0.258 e. The smallest absolute Gasteiger partial charge is 0.258 e. The lowest BCUT2D eigenvalue weighted by atomic mass is 10.0. The van der Waals surface area contributed by atoms with Crippen molar-refractivity contribution in [3.63, 3.8) is 0 Å². The minimum absolute atomic E-state index is 0.128. The van der Waals surface area contributed by atoms with Crippen LogP contribution in [-0.4, -0.2) is 60.4 Å². The molecule has 1 aromatic heterocycles. The van der Waals surface area contributed by atoms with Crippen LogP contribution in [0.4, 0.5) is 0 Å². The van der Waals surface area contributed by atoms with E-state index in [1.165, 1.54) is 0 Å². The van der Waals surface area contributed by atoms with Crippen molar-refractivity contribution in [3.05, 3.63) is 41.2 Å². The number of ether oxygens (including phenoxy) is 1. The molecule has 1 aromatic carbocycles. The number of hydrogen-bond donors (Lipinski definition) is 1. The van der Waals surface area contributed by atoms with Crippen molar-refractivity contribution < 1.29 is 14.4 Å². The van der Waals surface area contributed by atoms with Gasteiger partial charge in [-0.3, -0.25) is 4.79 Å². The molecule has 6 heteroatoms. The topological polar surface area (TPSA) is 51.8 Å². The highest BCUT2D eigenvalue weighted by atomic mass is 16.5. The van der Waals surface area contributed by atoms with Gasteiger partial charge in [-0.25, -0.2) is 4.68 Å². The van der Waals surface area contributed by atoms with Crippen molar-refractivity contribution in [1.29, 1.82) is 0 Å². The molecule has 0 atom stereocenters. The third kappa shape index (κ3) is 4.22. The van der Waals surface area contributed by atoms with Crippen LogP contribution in [0.25, 0.3) is 5.69 Å². The Morgan fingerprint density at radius 3 is 2.39 bits per heavy atom. The molecule has 1 aliphatic rings. The van der Waals surface area contributed by atoms with Gasteiger partial charge in [-0.15, -0.1) is 0 Å². The number of rotatable bonds is 6. The Bertz CT molecular complexity index is 803. The Hall–Kier alpha value is -2.34. The molecule has 1 amide bonds. The summed E-state index contributed by atoms with van der Waals surface area (Å²) in [6, 6.07) is 7.81. The van der Waals surface area contributed by atoms with E-state index >= 15 is 0 Å². The zero-order valence-corrected chi connectivity index (χ0v) is 17.8. The SMILES string of the molecule is CC[NH+]1CCN(C(=O)c2c(CC(C)C)nn(-c3ccc(OC)cc3)c2C)CC1. The maximum atomic E-state index is 13.4. The molecule has 0 bridgehead atoms. The molecule has 0 saturated carbocycles. The Balaban J connectivity index is 1.94. The minimum Gasteiger partial charge on any atom is -0.497 e. The number of carbonyl (C=O) groups excluding carboxylic acids is 1. The number of amides is 1. The molecule has 0 radical (unpaired) electrons. The lowest BCUT2D eigenvalue weighted by molar-refractivity contribution is -0.902. The van der Waals surface area contributed by atoms with E-state index in [-0.39, 0.29) is 5.91 Å². The molecule has 2 heterocycles. The highest BCUT2D eigenvalue weighted by molar-refractivity contribution is 5.96. The number of likely N-dealkylation sites (N-methyl/N-ethyl adjacent to an activating group) is 1. The molecule has 2 aromatic rings. The van der Waals surface area contributed by atoms with Gasteiger partial charge in [0, 0.05) is 0 Å². The normalized spacial score (nSPS) is 15.3. The van der Waals surface area contributed by atoms with Gasteiger partial charge < -0.3 is 14.5 Å². The van der Waals surface area contributed by atoms with Gasteiger partial charge in [-0.1, -0.05) is 13.8 Å². The summed E-state index contributed by atoms with van der Waals surface area (Å²) in [5.74, 6) is 1.37. The van der Waals surface area contributed by atoms with E-state index in [0.717, 1.165) is 67.5 Å². The third-order valence-corrected chi connectivity index (χ3v) is 5.58. The van der Waals surface area contributed by atoms with Gasteiger partial charge in [0.1, 0.15) is 5.75 Å². The van der Waals surface area contributed by atoms with E-state index in [1.54, 1.807) is 12.0 Å². The van der Waals surface area contributed by atoms with Crippen LogP contribution in [0, 0.1) is 12.8 Å². The molecule has 28 heavy (non-hydrogen) atoms. The number of methoxy groups -OCH3 is 1. The van der Waals surface area contributed by atoms with E-state index in [9.17, 15) is 4.79 Å². The summed E-state index contributed by atoms with van der Waals surface area (Å²) in [4.78, 5) is 17.0. The fourth-order valence-electron chi connectivity index (χ4n) is 3.88. The number of aromatic nitrogens is 2. The zero-order valence-electron chi connectivity index (χ0n) is 17.8. The van der Waals surface area contributed by atoms with Crippen LogP contribution in [0.1, 0.15) is 42.5 Å². The summed E-state index contributed by atoms with van der Waals surface area (Å²) >= 11 is 0. The van der Waals surface area contributed by atoms with Crippen molar-refractivity contribution in [2.45, 2.75) is 34.1 Å². The Kier molecular flexibility index (Phi) is 6.39. The first kappa shape index (κ1) is 20.4. The van der Waals surface area contributed by atoms with Crippen molar-refractivity contribution >= 4 is 5.91 Å². The number of carbonyl (C=O) groups is 1. The first-order chi connectivity index (χ1) is 13.4. The molecule has 1 aliphatic heterocycles. The second-order valence-electron chi connectivity index (χ2n) is 8.01. The summed E-state index contributed by atoms with van der Waals surface area (Å²) in [5.41, 5.74) is 3.54. The van der Waals surface area contributed by atoms with Gasteiger partial charge in [0.2, 0.25) is 0 Å². The fraction of sp³-hybridized carbons (Fsp3) is 0.545. The Morgan fingerprint density at radius 1 is 1.21 bits per heavy atom. The van der Waals surface area contributed by atoms with Gasteiger partial charge in [0.25, 0.3) is 5.91 Å². The second-order valence-corrected chi connectivity index (χ2v) is 8.01. The third-order valence-electron chi connectivity index (χ3n) is 5.58. The number of piperazine rings is 1. The predicted octanol–water partition coefficient (Wildman–Crippen LogP) is 1.75. The Labute approximate surface area is 168 Å². The zero-order chi connectivity index (χ0) is 20.3. The summed E-state index contributed by atoms with van der Waals surface area (Å²) in [6.07, 6.45) is 0.797. The van der Waals surface area contributed by atoms with Crippen LogP contribution in [0.2, 0.25) is 0 Å². The fourth-order valence-corrected chi connectivity index (χ4v) is 3.88. The maximum absolute atomic E-state index is 13.4. The average Bonchev–Trinajstić information content (AvgIpc) is 3.02. The Morgan fingerprint density at radius 2 is 1.86 bits per heavy atom. The second kappa shape index (κ2) is 8.78. The number of nitrogens with one attached hydrogen (secondary N) is 1. The van der Waals surface area contributed by atoms with E-state index in [2.05, 4.69) is 20.8 Å². The van der Waals surface area contributed by atoms with Crippen molar-refractivity contribution in [1.82, 2.24) is 14.7 Å². The molecular formula is C22H33N4O2+. The molecule has 1 N–H and O–H groups in total. The largest absolute Gasteiger partial charge is 0.497 e. The average molecular weight is 386 g/mol. The molecular weight excluding hydrogens is 352 g/mol. The van der Waals surface area contributed by atoms with Crippen LogP contribution in [-0.2, 0) is 6.42 Å². The van der Waals surface area contributed by atoms with Crippen LogP contribution in [0.15, 0.2) is 24.3 Å². The molecule has 152 valence electrons. The van der Waals surface area contributed by atoms with Crippen LogP contribution < -0.4 is 9.64 Å². The van der Waals surface area contributed by atoms with Gasteiger partial charge in [0.15, 0.2) is 0 Å². The van der Waals surface area contributed by atoms with E-state index in [4.69, 9.17) is 9.84 Å². The van der Waals surface area contributed by atoms with Gasteiger partial charge in [0.05, 0.1) is 62.5 Å². The predicted molar refractivity (Wildman–Crippen MR) is 111 cm³/mol. The molecule has 0 spiro atoms. The minimum atomic E-state index is 0.128. The quantitative estimate of drug-likeness (QED) is 0.824. The molecule has 1 fully saturated rings. The van der Waals surface area contributed by atoms with Crippen molar-refractivity contribution in [2.24, 2.45) is 5.92 Å². The van der Waals surface area contributed by atoms with Crippen LogP contribution in [0.3, 0.4) is 0 Å². The summed E-state index contributed by atoms with van der Waals surface area (Å²) in [7, 11) is 1.66. The molecule has 0 aliphatic carbocycles. The number of hydrogen-bond acceptors (Lipinski definition) is 3. The number of nitrogens with zero attached hydrogens (tertiary/aromatic N) is 3. The van der Waals surface area contributed by atoms with Gasteiger partial charge in [-0.2, -0.15) is 5.10 Å². The first-order valence-corrected chi connectivity index (χ1v) is 10.3. The van der Waals surface area contributed by atoms with Crippen molar-refractivity contribution in [3.8, 4) is 11.4 Å². The number of benzene rings is 1. The molecule has 3 rings (SSSR count). The summed E-state index contributed by atoms with van der Waals surface area (Å²) < 4.78 is 7.16. The summed E-state index contributed by atoms with van der Waals surface area (Å²) in [5, 5.41) is 4.85. The van der Waals surface area contributed by atoms with E-state index in [1.807, 2.05) is 40.8 Å². The molecule has 6 nitrogen and oxygen atoms in total. The lowest BCUT2D eigenvalue weighted by Crippen LogP contribution is -3.14. The van der Waals surface area contributed by atoms with Crippen molar-refractivity contribution in [2.75, 3.05) is 39.8 Å². The molecule has 1 saturated heterocycles.